The molecule has 0 aliphatic rings. The van der Waals surface area contributed by atoms with Crippen LogP contribution >= 0.6 is 0 Å². The molecule has 0 unspecified atom stereocenters. The van der Waals surface area contributed by atoms with Gasteiger partial charge in [0, 0.05) is 0 Å². The molecule has 3 rings (SSSR count). The quantitative estimate of drug-likeness (QED) is 0.729. The van der Waals surface area contributed by atoms with E-state index in [1.165, 1.54) is 0 Å². The Morgan fingerprint density at radius 3 is 2.45 bits per heavy atom. The Kier molecular flexibility index (Phi) is 3.33. The van der Waals surface area contributed by atoms with Gasteiger partial charge in [-0.25, -0.2) is 4.98 Å². The highest BCUT2D eigenvalue weighted by Gasteiger charge is 2.09. The molecule has 0 amide bonds. The van der Waals surface area contributed by atoms with Gasteiger partial charge in [0.25, 0.3) is 5.56 Å². The molecule has 0 atom stereocenters. The maximum Gasteiger partial charge on any atom is 0.273 e. The highest BCUT2D eigenvalue weighted by Crippen LogP contribution is 2.12. The summed E-state index contributed by atoms with van der Waals surface area (Å²) in [5.74, 6) is 0. The number of hydrogen-bond acceptors (Lipinski definition) is 2. The van der Waals surface area contributed by atoms with E-state index < -0.39 is 0 Å². The fourth-order valence-corrected chi connectivity index (χ4v) is 2.40. The molecule has 3 nitrogen and oxygen atoms in total. The molecule has 2 aromatic carbocycles. The van der Waals surface area contributed by atoms with Crippen LogP contribution in [0.4, 0.5) is 0 Å². The molecule has 0 aliphatic carbocycles. The van der Waals surface area contributed by atoms with Crippen molar-refractivity contribution in [2.45, 2.75) is 19.9 Å². The molecule has 1 aromatic heterocycles. The Morgan fingerprint density at radius 2 is 1.70 bits per heavy atom. The molecular formula is C17H16N2O. The first-order valence-corrected chi connectivity index (χ1v) is 6.82. The van der Waals surface area contributed by atoms with Crippen LogP contribution in [-0.2, 0) is 13.0 Å². The Labute approximate surface area is 117 Å². The molecule has 3 aromatic rings. The average Bonchev–Trinajstić information content (AvgIpc) is 2.51. The molecule has 3 heteroatoms. The van der Waals surface area contributed by atoms with Crippen molar-refractivity contribution in [2.24, 2.45) is 0 Å². The Bertz CT molecular complexity index is 791. The molecular weight excluding hydrogens is 248 g/mol. The Morgan fingerprint density at radius 1 is 1.00 bits per heavy atom. The van der Waals surface area contributed by atoms with Gasteiger partial charge in [0.2, 0.25) is 0 Å². The normalized spacial score (nSPS) is 10.8. The summed E-state index contributed by atoms with van der Waals surface area (Å²) in [6, 6.07) is 17.8. The van der Waals surface area contributed by atoms with E-state index in [9.17, 15) is 4.79 Å². The van der Waals surface area contributed by atoms with Gasteiger partial charge in [0.05, 0.1) is 17.6 Å². The van der Waals surface area contributed by atoms with E-state index in [2.05, 4.69) is 4.98 Å². The predicted molar refractivity (Wildman–Crippen MR) is 80.9 cm³/mol. The molecule has 0 spiro atoms. The number of para-hydroxylation sites is 2. The lowest BCUT2D eigenvalue weighted by atomic mass is 10.2. The van der Waals surface area contributed by atoms with Crippen molar-refractivity contribution in [2.75, 3.05) is 0 Å². The van der Waals surface area contributed by atoms with Crippen LogP contribution in [0, 0.1) is 0 Å². The maximum absolute atomic E-state index is 12.5. The minimum Gasteiger partial charge on any atom is -0.301 e. The lowest BCUT2D eigenvalue weighted by Gasteiger charge is -2.11. The number of hydrogen-bond donors (Lipinski definition) is 0. The van der Waals surface area contributed by atoms with Crippen molar-refractivity contribution in [1.82, 2.24) is 9.55 Å². The first-order valence-electron chi connectivity index (χ1n) is 6.82. The number of fused-ring (bicyclic) bond motifs is 1. The minimum atomic E-state index is 0.00931. The first-order chi connectivity index (χ1) is 9.79. The van der Waals surface area contributed by atoms with Crippen LogP contribution in [0.15, 0.2) is 59.4 Å². The van der Waals surface area contributed by atoms with Crippen LogP contribution in [-0.4, -0.2) is 9.55 Å². The van der Waals surface area contributed by atoms with Crippen LogP contribution in [0.5, 0.6) is 0 Å². The predicted octanol–water partition coefficient (Wildman–Crippen LogP) is 3.01. The fourth-order valence-electron chi connectivity index (χ4n) is 2.40. The molecule has 100 valence electrons. The third kappa shape index (κ3) is 2.23. The zero-order chi connectivity index (χ0) is 13.9. The SMILES string of the molecule is CCc1nc2ccccc2n(Cc2ccccc2)c1=O. The number of nitrogens with zero attached hydrogens (tertiary/aromatic N) is 2. The zero-order valence-corrected chi connectivity index (χ0v) is 11.4. The summed E-state index contributed by atoms with van der Waals surface area (Å²) < 4.78 is 1.82. The van der Waals surface area contributed by atoms with Crippen LogP contribution in [0.3, 0.4) is 0 Å². The van der Waals surface area contributed by atoms with Gasteiger partial charge in [0.15, 0.2) is 0 Å². The second kappa shape index (κ2) is 5.29. The summed E-state index contributed by atoms with van der Waals surface area (Å²) in [5, 5.41) is 0. The fraction of sp³-hybridized carbons (Fsp3) is 0.176. The first kappa shape index (κ1) is 12.6. The molecule has 0 fully saturated rings. The van der Waals surface area contributed by atoms with E-state index in [0.29, 0.717) is 18.7 Å². The topological polar surface area (TPSA) is 34.9 Å². The summed E-state index contributed by atoms with van der Waals surface area (Å²) in [6.07, 6.45) is 0.651. The number of benzene rings is 2. The van der Waals surface area contributed by atoms with Crippen molar-refractivity contribution in [1.29, 1.82) is 0 Å². The van der Waals surface area contributed by atoms with E-state index in [1.807, 2.05) is 66.1 Å². The summed E-state index contributed by atoms with van der Waals surface area (Å²) in [6.45, 7) is 2.54. The van der Waals surface area contributed by atoms with Crippen molar-refractivity contribution in [3.8, 4) is 0 Å². The van der Waals surface area contributed by atoms with Gasteiger partial charge in [-0.15, -0.1) is 0 Å². The molecule has 0 bridgehead atoms. The molecule has 1 heterocycles. The van der Waals surface area contributed by atoms with Crippen molar-refractivity contribution in [3.05, 3.63) is 76.2 Å². The van der Waals surface area contributed by atoms with Gasteiger partial charge in [-0.05, 0) is 24.1 Å². The van der Waals surface area contributed by atoms with Gasteiger partial charge in [0.1, 0.15) is 5.69 Å². The highest BCUT2D eigenvalue weighted by molar-refractivity contribution is 5.74. The summed E-state index contributed by atoms with van der Waals surface area (Å²) >= 11 is 0. The van der Waals surface area contributed by atoms with Gasteiger partial charge in [-0.2, -0.15) is 0 Å². The van der Waals surface area contributed by atoms with Crippen molar-refractivity contribution in [3.63, 3.8) is 0 Å². The maximum atomic E-state index is 12.5. The van der Waals surface area contributed by atoms with Crippen LogP contribution in [0.25, 0.3) is 11.0 Å². The Balaban J connectivity index is 2.22. The monoisotopic (exact) mass is 264 g/mol. The van der Waals surface area contributed by atoms with E-state index >= 15 is 0 Å². The van der Waals surface area contributed by atoms with E-state index in [0.717, 1.165) is 16.6 Å². The van der Waals surface area contributed by atoms with Gasteiger partial charge in [-0.1, -0.05) is 49.4 Å². The Hall–Kier alpha value is -2.42. The third-order valence-corrected chi connectivity index (χ3v) is 3.44. The highest BCUT2D eigenvalue weighted by atomic mass is 16.1. The molecule has 0 aliphatic heterocycles. The third-order valence-electron chi connectivity index (χ3n) is 3.44. The molecule has 20 heavy (non-hydrogen) atoms. The largest absolute Gasteiger partial charge is 0.301 e. The lowest BCUT2D eigenvalue weighted by Crippen LogP contribution is -2.26. The van der Waals surface area contributed by atoms with Gasteiger partial charge >= 0.3 is 0 Å². The average molecular weight is 264 g/mol. The lowest BCUT2D eigenvalue weighted by molar-refractivity contribution is 0.765. The molecule has 0 saturated heterocycles. The van der Waals surface area contributed by atoms with Crippen LogP contribution < -0.4 is 5.56 Å². The second-order valence-corrected chi connectivity index (χ2v) is 4.78. The van der Waals surface area contributed by atoms with E-state index in [1.54, 1.807) is 0 Å². The second-order valence-electron chi connectivity index (χ2n) is 4.78. The van der Waals surface area contributed by atoms with Gasteiger partial charge < -0.3 is 4.57 Å². The summed E-state index contributed by atoms with van der Waals surface area (Å²) in [4.78, 5) is 17.0. The zero-order valence-electron chi connectivity index (χ0n) is 11.4. The number of rotatable bonds is 3. The summed E-state index contributed by atoms with van der Waals surface area (Å²) in [5.41, 5.74) is 3.51. The smallest absolute Gasteiger partial charge is 0.273 e. The van der Waals surface area contributed by atoms with Crippen molar-refractivity contribution < 1.29 is 0 Å². The van der Waals surface area contributed by atoms with Crippen LogP contribution in [0.1, 0.15) is 18.2 Å². The molecule has 0 N–H and O–H groups in total. The van der Waals surface area contributed by atoms with Gasteiger partial charge in [-0.3, -0.25) is 4.79 Å². The number of aromatic nitrogens is 2. The molecule has 0 saturated carbocycles. The van der Waals surface area contributed by atoms with Crippen LogP contribution in [0.2, 0.25) is 0 Å². The van der Waals surface area contributed by atoms with Crippen molar-refractivity contribution >= 4 is 11.0 Å². The van der Waals surface area contributed by atoms with E-state index in [4.69, 9.17) is 0 Å². The molecule has 0 radical (unpaired) electrons. The minimum absolute atomic E-state index is 0.00931. The standard InChI is InChI=1S/C17H16N2O/c1-2-14-17(20)19(12-13-8-4-3-5-9-13)16-11-7-6-10-15(16)18-14/h3-11H,2,12H2,1H3. The summed E-state index contributed by atoms with van der Waals surface area (Å²) in [7, 11) is 0. The van der Waals surface area contributed by atoms with E-state index in [-0.39, 0.29) is 5.56 Å². The number of aryl methyl sites for hydroxylation is 1.